The summed E-state index contributed by atoms with van der Waals surface area (Å²) in [4.78, 5) is 5.39. The number of halogens is 1. The van der Waals surface area contributed by atoms with Gasteiger partial charge >= 0.3 is 0 Å². The first-order valence-corrected chi connectivity index (χ1v) is 7.42. The summed E-state index contributed by atoms with van der Waals surface area (Å²) in [6, 6.07) is 5.94. The molecule has 0 radical (unpaired) electrons. The van der Waals surface area contributed by atoms with E-state index in [0.29, 0.717) is 23.3 Å². The van der Waals surface area contributed by atoms with Gasteiger partial charge in [-0.15, -0.1) is 23.7 Å². The first-order valence-electron chi connectivity index (χ1n) is 6.54. The van der Waals surface area contributed by atoms with Crippen molar-refractivity contribution in [2.24, 2.45) is 0 Å². The van der Waals surface area contributed by atoms with Crippen molar-refractivity contribution in [1.29, 1.82) is 0 Å². The molecule has 4 heterocycles. The zero-order valence-electron chi connectivity index (χ0n) is 11.1. The van der Waals surface area contributed by atoms with E-state index in [1.54, 1.807) is 11.3 Å². The van der Waals surface area contributed by atoms with Crippen LogP contribution in [0.1, 0.15) is 18.0 Å². The number of aromatic amines is 1. The molecule has 1 aliphatic rings. The highest BCUT2D eigenvalue weighted by Crippen LogP contribution is 2.27. The van der Waals surface area contributed by atoms with E-state index in [1.165, 1.54) is 0 Å². The smallest absolute Gasteiger partial charge is 0.278 e. The predicted molar refractivity (Wildman–Crippen MR) is 82.7 cm³/mol. The van der Waals surface area contributed by atoms with Gasteiger partial charge in [-0.05, 0) is 30.5 Å². The van der Waals surface area contributed by atoms with Crippen molar-refractivity contribution in [2.45, 2.75) is 12.3 Å². The van der Waals surface area contributed by atoms with E-state index < -0.39 is 0 Å². The monoisotopic (exact) mass is 323 g/mol. The average Bonchev–Trinajstić information content (AvgIpc) is 3.22. The van der Waals surface area contributed by atoms with Crippen molar-refractivity contribution in [2.75, 3.05) is 13.1 Å². The number of rotatable bonds is 3. The number of thiophene rings is 1. The number of nitrogens with one attached hydrogen (secondary N) is 2. The zero-order valence-corrected chi connectivity index (χ0v) is 12.7. The number of hydrogen-bond acceptors (Lipinski definition) is 6. The minimum absolute atomic E-state index is 0. The SMILES string of the molecule is Cl.c1csc(-c2noc(-c3cc(C4CCNC4)[nH]n3)n2)c1. The van der Waals surface area contributed by atoms with Gasteiger partial charge in [0.1, 0.15) is 0 Å². The topological polar surface area (TPSA) is 79.6 Å². The summed E-state index contributed by atoms with van der Waals surface area (Å²) >= 11 is 1.59. The fourth-order valence-corrected chi connectivity index (χ4v) is 3.06. The summed E-state index contributed by atoms with van der Waals surface area (Å²) in [6.07, 6.45) is 1.13. The Bertz CT molecular complexity index is 702. The normalized spacial score (nSPS) is 17.8. The largest absolute Gasteiger partial charge is 0.332 e. The van der Waals surface area contributed by atoms with Gasteiger partial charge in [0.15, 0.2) is 5.69 Å². The first kappa shape index (κ1) is 14.2. The van der Waals surface area contributed by atoms with Crippen molar-refractivity contribution in [3.63, 3.8) is 0 Å². The van der Waals surface area contributed by atoms with Crippen LogP contribution in [-0.2, 0) is 0 Å². The van der Waals surface area contributed by atoms with Gasteiger partial charge in [-0.2, -0.15) is 10.1 Å². The van der Waals surface area contributed by atoms with Gasteiger partial charge in [-0.3, -0.25) is 5.10 Å². The summed E-state index contributed by atoms with van der Waals surface area (Å²) in [7, 11) is 0. The summed E-state index contributed by atoms with van der Waals surface area (Å²) in [5.74, 6) is 1.57. The van der Waals surface area contributed by atoms with E-state index in [-0.39, 0.29) is 12.4 Å². The van der Waals surface area contributed by atoms with Crippen molar-refractivity contribution in [3.8, 4) is 22.3 Å². The van der Waals surface area contributed by atoms with Crippen LogP contribution in [0.25, 0.3) is 22.3 Å². The Morgan fingerprint density at radius 3 is 3.10 bits per heavy atom. The molecule has 4 rings (SSSR count). The maximum absolute atomic E-state index is 5.30. The lowest BCUT2D eigenvalue weighted by molar-refractivity contribution is 0.431. The van der Waals surface area contributed by atoms with Crippen LogP contribution in [0.2, 0.25) is 0 Å². The van der Waals surface area contributed by atoms with Crippen LogP contribution in [0.15, 0.2) is 28.1 Å². The molecule has 3 aromatic rings. The Morgan fingerprint density at radius 2 is 2.33 bits per heavy atom. The number of aromatic nitrogens is 4. The Labute approximate surface area is 131 Å². The second-order valence-electron chi connectivity index (χ2n) is 4.80. The van der Waals surface area contributed by atoms with Gasteiger partial charge in [0.05, 0.1) is 4.88 Å². The Hall–Kier alpha value is -1.70. The minimum Gasteiger partial charge on any atom is -0.332 e. The van der Waals surface area contributed by atoms with E-state index in [0.717, 1.165) is 30.1 Å². The number of hydrogen-bond donors (Lipinski definition) is 2. The van der Waals surface area contributed by atoms with Crippen LogP contribution in [-0.4, -0.2) is 33.4 Å². The fraction of sp³-hybridized carbons (Fsp3) is 0.308. The molecule has 21 heavy (non-hydrogen) atoms. The first-order chi connectivity index (χ1) is 9.90. The molecule has 1 saturated heterocycles. The van der Waals surface area contributed by atoms with Gasteiger partial charge < -0.3 is 9.84 Å². The molecule has 0 aliphatic carbocycles. The van der Waals surface area contributed by atoms with Crippen LogP contribution >= 0.6 is 23.7 Å². The third-order valence-electron chi connectivity index (χ3n) is 3.48. The van der Waals surface area contributed by atoms with Crippen LogP contribution in [0.3, 0.4) is 0 Å². The van der Waals surface area contributed by atoms with Crippen LogP contribution in [0.5, 0.6) is 0 Å². The quantitative estimate of drug-likeness (QED) is 0.774. The highest BCUT2D eigenvalue weighted by atomic mass is 35.5. The maximum Gasteiger partial charge on any atom is 0.278 e. The van der Waals surface area contributed by atoms with Crippen molar-refractivity contribution in [3.05, 3.63) is 29.3 Å². The second-order valence-corrected chi connectivity index (χ2v) is 5.75. The molecular formula is C13H14ClN5OS. The second kappa shape index (κ2) is 5.97. The van der Waals surface area contributed by atoms with Crippen molar-refractivity contribution < 1.29 is 4.52 Å². The summed E-state index contributed by atoms with van der Waals surface area (Å²) in [5, 5.41) is 16.7. The lowest BCUT2D eigenvalue weighted by Crippen LogP contribution is -2.08. The molecule has 0 bridgehead atoms. The van der Waals surface area contributed by atoms with Crippen LogP contribution in [0.4, 0.5) is 0 Å². The third kappa shape index (κ3) is 2.72. The van der Waals surface area contributed by atoms with Gasteiger partial charge in [0.2, 0.25) is 5.82 Å². The lowest BCUT2D eigenvalue weighted by atomic mass is 10.1. The lowest BCUT2D eigenvalue weighted by Gasteiger charge is -2.02. The molecule has 1 aliphatic heterocycles. The molecule has 0 saturated carbocycles. The van der Waals surface area contributed by atoms with E-state index in [1.807, 2.05) is 23.6 Å². The van der Waals surface area contributed by atoms with E-state index in [4.69, 9.17) is 4.52 Å². The molecule has 1 fully saturated rings. The standard InChI is InChI=1S/C13H13N5OS.ClH/c1-2-11(20-5-1)12-15-13(19-18-12)10-6-9(16-17-10)8-3-4-14-7-8;/h1-2,5-6,8,14H,3-4,7H2,(H,16,17);1H. The van der Waals surface area contributed by atoms with Crippen molar-refractivity contribution >= 4 is 23.7 Å². The Morgan fingerprint density at radius 1 is 1.38 bits per heavy atom. The van der Waals surface area contributed by atoms with Crippen molar-refractivity contribution in [1.82, 2.24) is 25.7 Å². The molecule has 0 spiro atoms. The molecule has 1 atom stereocenters. The summed E-state index contributed by atoms with van der Waals surface area (Å²) in [6.45, 7) is 2.05. The van der Waals surface area contributed by atoms with Gasteiger partial charge in [0.25, 0.3) is 5.89 Å². The molecule has 2 N–H and O–H groups in total. The molecule has 6 nitrogen and oxygen atoms in total. The minimum atomic E-state index is 0. The highest BCUT2D eigenvalue weighted by molar-refractivity contribution is 7.13. The molecule has 0 amide bonds. The average molecular weight is 324 g/mol. The van der Waals surface area contributed by atoms with E-state index in [9.17, 15) is 0 Å². The number of H-pyrrole nitrogens is 1. The molecule has 1 unspecified atom stereocenters. The van der Waals surface area contributed by atoms with Gasteiger partial charge in [-0.1, -0.05) is 11.2 Å². The third-order valence-corrected chi connectivity index (χ3v) is 4.35. The maximum atomic E-state index is 5.30. The van der Waals surface area contributed by atoms with E-state index in [2.05, 4.69) is 25.7 Å². The summed E-state index contributed by atoms with van der Waals surface area (Å²) < 4.78 is 5.30. The molecule has 110 valence electrons. The van der Waals surface area contributed by atoms with Crippen LogP contribution in [0, 0.1) is 0 Å². The van der Waals surface area contributed by atoms with E-state index >= 15 is 0 Å². The molecule has 8 heteroatoms. The molecule has 3 aromatic heterocycles. The predicted octanol–water partition coefficient (Wildman–Crippen LogP) is 2.69. The van der Waals surface area contributed by atoms with Gasteiger partial charge in [0, 0.05) is 18.2 Å². The molecule has 0 aromatic carbocycles. The fourth-order valence-electron chi connectivity index (χ4n) is 2.41. The molecular weight excluding hydrogens is 310 g/mol. The van der Waals surface area contributed by atoms with Gasteiger partial charge in [-0.25, -0.2) is 0 Å². The Kier molecular flexibility index (Phi) is 4.05. The Balaban J connectivity index is 0.00000132. The number of nitrogens with zero attached hydrogens (tertiary/aromatic N) is 3. The van der Waals surface area contributed by atoms with Crippen LogP contribution < -0.4 is 5.32 Å². The highest BCUT2D eigenvalue weighted by Gasteiger charge is 2.21. The zero-order chi connectivity index (χ0) is 13.4. The summed E-state index contributed by atoms with van der Waals surface area (Å²) in [5.41, 5.74) is 1.84.